The van der Waals surface area contributed by atoms with E-state index >= 15 is 0 Å². The summed E-state index contributed by atoms with van der Waals surface area (Å²) in [4.78, 5) is 16.6. The Morgan fingerprint density at radius 3 is 2.63 bits per heavy atom. The summed E-state index contributed by atoms with van der Waals surface area (Å²) in [5.41, 5.74) is 1.03. The molecule has 2 heterocycles. The number of halogens is 1. The number of hydrogen-bond acceptors (Lipinski definition) is 4. The highest BCUT2D eigenvalue weighted by molar-refractivity contribution is 7.91. The number of amides is 1. The number of sulfone groups is 1. The van der Waals surface area contributed by atoms with Gasteiger partial charge in [0.1, 0.15) is 5.82 Å². The van der Waals surface area contributed by atoms with Crippen molar-refractivity contribution >= 4 is 15.7 Å². The molecule has 2 aliphatic rings. The van der Waals surface area contributed by atoms with Crippen LogP contribution in [0.15, 0.2) is 24.3 Å². The first-order valence-electron chi connectivity index (χ1n) is 9.86. The molecule has 2 saturated heterocycles. The molecule has 1 amide bonds. The average molecular weight is 397 g/mol. The van der Waals surface area contributed by atoms with Crippen molar-refractivity contribution in [3.05, 3.63) is 35.6 Å². The second kappa shape index (κ2) is 9.15. The second-order valence-corrected chi connectivity index (χ2v) is 9.99. The molecule has 5 nitrogen and oxygen atoms in total. The maximum absolute atomic E-state index is 13.2. The van der Waals surface area contributed by atoms with E-state index in [1.54, 1.807) is 12.1 Å². The van der Waals surface area contributed by atoms with E-state index in [4.69, 9.17) is 0 Å². The first kappa shape index (κ1) is 20.3. The lowest BCUT2D eigenvalue weighted by Gasteiger charge is -2.35. The van der Waals surface area contributed by atoms with Gasteiger partial charge in [0.25, 0.3) is 0 Å². The summed E-state index contributed by atoms with van der Waals surface area (Å²) in [5, 5.41) is 0. The summed E-state index contributed by atoms with van der Waals surface area (Å²) in [5.74, 6) is 0.649. The zero-order chi connectivity index (χ0) is 19.3. The Bertz CT molecular complexity index is 745. The summed E-state index contributed by atoms with van der Waals surface area (Å²) in [6, 6.07) is 6.75. The highest BCUT2D eigenvalue weighted by Gasteiger charge is 2.29. The molecular formula is C20H29FN2O3S. The van der Waals surface area contributed by atoms with E-state index in [0.717, 1.165) is 51.1 Å². The van der Waals surface area contributed by atoms with Gasteiger partial charge in [-0.05, 0) is 55.8 Å². The Balaban J connectivity index is 1.32. The van der Waals surface area contributed by atoms with E-state index in [1.807, 2.05) is 11.0 Å². The number of rotatable bonds is 7. The summed E-state index contributed by atoms with van der Waals surface area (Å²) in [6.07, 6.45) is 3.69. The molecule has 0 aliphatic carbocycles. The molecule has 0 aromatic heterocycles. The van der Waals surface area contributed by atoms with Gasteiger partial charge in [-0.25, -0.2) is 12.8 Å². The van der Waals surface area contributed by atoms with Crippen LogP contribution in [0.25, 0.3) is 0 Å². The number of nitrogens with zero attached hydrogens (tertiary/aromatic N) is 2. The van der Waals surface area contributed by atoms with Crippen LogP contribution in [0.1, 0.15) is 31.2 Å². The fraction of sp³-hybridized carbons (Fsp3) is 0.650. The maximum atomic E-state index is 13.2. The largest absolute Gasteiger partial charge is 0.340 e. The van der Waals surface area contributed by atoms with Crippen molar-refractivity contribution in [3.63, 3.8) is 0 Å². The van der Waals surface area contributed by atoms with Crippen molar-refractivity contribution in [1.29, 1.82) is 0 Å². The minimum atomic E-state index is -2.86. The molecule has 1 atom stereocenters. The predicted octanol–water partition coefficient (Wildman–Crippen LogP) is 2.12. The van der Waals surface area contributed by atoms with Crippen molar-refractivity contribution in [2.75, 3.05) is 44.2 Å². The Kier molecular flexibility index (Phi) is 6.87. The average Bonchev–Trinajstić information content (AvgIpc) is 2.99. The summed E-state index contributed by atoms with van der Waals surface area (Å²) in [6.45, 7) is 4.17. The lowest BCUT2D eigenvalue weighted by Crippen LogP contribution is -2.48. The van der Waals surface area contributed by atoms with E-state index in [9.17, 15) is 17.6 Å². The van der Waals surface area contributed by atoms with Crippen molar-refractivity contribution < 1.29 is 17.6 Å². The van der Waals surface area contributed by atoms with Crippen LogP contribution in [0.4, 0.5) is 4.39 Å². The molecule has 1 unspecified atom stereocenters. The molecule has 27 heavy (non-hydrogen) atoms. The Hall–Kier alpha value is -1.47. The molecule has 0 radical (unpaired) electrons. The summed E-state index contributed by atoms with van der Waals surface area (Å²) in [7, 11) is -2.86. The first-order valence-corrected chi connectivity index (χ1v) is 11.7. The van der Waals surface area contributed by atoms with Crippen molar-refractivity contribution in [2.24, 2.45) is 5.92 Å². The standard InChI is InChI=1S/C20H29FN2O3S/c21-19-5-1-3-17(15-19)4-2-9-22-10-12-23(13-11-22)20(24)7-6-18-8-14-27(25,26)16-18/h1,3,5,15,18H,2,4,6-14,16H2. The third-order valence-electron chi connectivity index (χ3n) is 5.65. The van der Waals surface area contributed by atoms with Gasteiger partial charge in [-0.2, -0.15) is 0 Å². The fourth-order valence-corrected chi connectivity index (χ4v) is 5.92. The molecule has 1 aromatic carbocycles. The molecule has 0 spiro atoms. The minimum absolute atomic E-state index is 0.152. The lowest BCUT2D eigenvalue weighted by atomic mass is 10.0. The van der Waals surface area contributed by atoms with Gasteiger partial charge in [0, 0.05) is 32.6 Å². The highest BCUT2D eigenvalue weighted by atomic mass is 32.2. The Labute approximate surface area is 161 Å². The first-order chi connectivity index (χ1) is 12.9. The van der Waals surface area contributed by atoms with Crippen LogP contribution in [0.2, 0.25) is 0 Å². The van der Waals surface area contributed by atoms with Crippen LogP contribution in [-0.2, 0) is 21.1 Å². The van der Waals surface area contributed by atoms with Crippen molar-refractivity contribution in [1.82, 2.24) is 9.80 Å². The van der Waals surface area contributed by atoms with Crippen LogP contribution >= 0.6 is 0 Å². The SMILES string of the molecule is O=C(CCC1CCS(=O)(=O)C1)N1CCN(CCCc2cccc(F)c2)CC1. The van der Waals surface area contributed by atoms with Crippen LogP contribution < -0.4 is 0 Å². The molecule has 150 valence electrons. The molecule has 2 fully saturated rings. The second-order valence-electron chi connectivity index (χ2n) is 7.76. The number of carbonyl (C=O) groups excluding carboxylic acids is 1. The van der Waals surface area contributed by atoms with Gasteiger partial charge in [0.2, 0.25) is 5.91 Å². The third kappa shape index (κ3) is 6.28. The highest BCUT2D eigenvalue weighted by Crippen LogP contribution is 2.23. The van der Waals surface area contributed by atoms with E-state index in [2.05, 4.69) is 4.90 Å². The van der Waals surface area contributed by atoms with Gasteiger partial charge >= 0.3 is 0 Å². The molecule has 2 aliphatic heterocycles. The number of hydrogen-bond donors (Lipinski definition) is 0. The maximum Gasteiger partial charge on any atom is 0.222 e. The summed E-state index contributed by atoms with van der Waals surface area (Å²) < 4.78 is 36.2. The monoisotopic (exact) mass is 396 g/mol. The fourth-order valence-electron chi connectivity index (χ4n) is 4.01. The van der Waals surface area contributed by atoms with E-state index in [0.29, 0.717) is 19.3 Å². The molecule has 3 rings (SSSR count). The van der Waals surface area contributed by atoms with Crippen LogP contribution in [0.3, 0.4) is 0 Å². The van der Waals surface area contributed by atoms with E-state index < -0.39 is 9.84 Å². The molecule has 0 N–H and O–H groups in total. The zero-order valence-corrected chi connectivity index (χ0v) is 16.6. The Morgan fingerprint density at radius 2 is 1.96 bits per heavy atom. The van der Waals surface area contributed by atoms with E-state index in [1.165, 1.54) is 6.07 Å². The van der Waals surface area contributed by atoms with Crippen molar-refractivity contribution in [3.8, 4) is 0 Å². The number of benzene rings is 1. The molecule has 0 saturated carbocycles. The van der Waals surface area contributed by atoms with Gasteiger partial charge in [0.05, 0.1) is 11.5 Å². The smallest absolute Gasteiger partial charge is 0.222 e. The van der Waals surface area contributed by atoms with Crippen LogP contribution in [0, 0.1) is 11.7 Å². The van der Waals surface area contributed by atoms with Gasteiger partial charge in [0.15, 0.2) is 9.84 Å². The summed E-state index contributed by atoms with van der Waals surface area (Å²) >= 11 is 0. The van der Waals surface area contributed by atoms with Gasteiger partial charge < -0.3 is 4.90 Å². The van der Waals surface area contributed by atoms with E-state index in [-0.39, 0.29) is 29.1 Å². The topological polar surface area (TPSA) is 57.7 Å². The molecule has 7 heteroatoms. The Morgan fingerprint density at radius 1 is 1.19 bits per heavy atom. The molecule has 0 bridgehead atoms. The van der Waals surface area contributed by atoms with Crippen molar-refractivity contribution in [2.45, 2.75) is 32.1 Å². The van der Waals surface area contributed by atoms with Crippen LogP contribution in [-0.4, -0.2) is 68.4 Å². The molecular weight excluding hydrogens is 367 g/mol. The van der Waals surface area contributed by atoms with Gasteiger partial charge in [-0.3, -0.25) is 9.69 Å². The van der Waals surface area contributed by atoms with Gasteiger partial charge in [-0.15, -0.1) is 0 Å². The normalized spacial score (nSPS) is 22.9. The lowest BCUT2D eigenvalue weighted by molar-refractivity contribution is -0.133. The number of piperazine rings is 1. The zero-order valence-electron chi connectivity index (χ0n) is 15.8. The number of aryl methyl sites for hydroxylation is 1. The number of carbonyl (C=O) groups is 1. The van der Waals surface area contributed by atoms with Crippen LogP contribution in [0.5, 0.6) is 0 Å². The molecule has 1 aromatic rings. The quantitative estimate of drug-likeness (QED) is 0.708. The minimum Gasteiger partial charge on any atom is -0.340 e. The van der Waals surface area contributed by atoms with Gasteiger partial charge in [-0.1, -0.05) is 12.1 Å². The predicted molar refractivity (Wildman–Crippen MR) is 104 cm³/mol. The third-order valence-corrected chi connectivity index (χ3v) is 7.48.